The topological polar surface area (TPSA) is 88.1 Å². The number of anilines is 1. The minimum absolute atomic E-state index is 0.0768. The first-order valence-electron chi connectivity index (χ1n) is 13.7. The van der Waals surface area contributed by atoms with Gasteiger partial charge in [-0.2, -0.15) is 4.99 Å². The number of carbonyl (C=O) groups is 3. The van der Waals surface area contributed by atoms with Crippen molar-refractivity contribution in [3.8, 4) is 5.75 Å². The van der Waals surface area contributed by atoms with Crippen LogP contribution in [0.1, 0.15) is 47.6 Å². The highest BCUT2D eigenvalue weighted by Gasteiger charge is 2.33. The number of urea groups is 1. The van der Waals surface area contributed by atoms with E-state index >= 15 is 0 Å². The van der Waals surface area contributed by atoms with Gasteiger partial charge in [0, 0.05) is 19.4 Å². The van der Waals surface area contributed by atoms with Crippen LogP contribution >= 0.6 is 11.8 Å². The third-order valence-corrected chi connectivity index (χ3v) is 7.61. The predicted octanol–water partition coefficient (Wildman–Crippen LogP) is 6.76. The van der Waals surface area contributed by atoms with Crippen molar-refractivity contribution in [3.05, 3.63) is 94.5 Å². The molecule has 1 fully saturated rings. The van der Waals surface area contributed by atoms with E-state index in [4.69, 9.17) is 0 Å². The van der Waals surface area contributed by atoms with Gasteiger partial charge < -0.3 is 10.1 Å². The molecule has 1 aliphatic heterocycles. The van der Waals surface area contributed by atoms with Gasteiger partial charge in [0.15, 0.2) is 5.17 Å². The largest absolute Gasteiger partial charge is 0.573 e. The summed E-state index contributed by atoms with van der Waals surface area (Å²) in [5, 5.41) is 3.14. The van der Waals surface area contributed by atoms with Crippen LogP contribution in [0.25, 0.3) is 0 Å². The molecule has 0 atom stereocenters. The molecule has 3 aromatic rings. The van der Waals surface area contributed by atoms with E-state index in [1.807, 2.05) is 49.4 Å². The molecule has 7 nitrogen and oxygen atoms in total. The van der Waals surface area contributed by atoms with Crippen molar-refractivity contribution >= 4 is 40.3 Å². The van der Waals surface area contributed by atoms with E-state index < -0.39 is 12.4 Å². The molecule has 0 aliphatic carbocycles. The molecule has 3 amide bonds. The number of rotatable bonds is 10. The maximum atomic E-state index is 12.7. The standard InChI is InChI=1S/C32H32F3N3O4S/c1-20(2)27-13-4-21(3)16-28(27)38-29(40)19-43-31(38)37-30(41)36-15-14-22-5-7-23(8-6-22)17-25(39)18-24-9-11-26(12-10-24)42-32(33,34)35/h4-13,16,20H,14-15,17-19H2,1-3H3,(H,36,41). The number of thioether (sulfide) groups is 1. The number of halogens is 3. The molecule has 0 saturated carbocycles. The highest BCUT2D eigenvalue weighted by molar-refractivity contribution is 8.15. The summed E-state index contributed by atoms with van der Waals surface area (Å²) in [6.45, 7) is 6.40. The van der Waals surface area contributed by atoms with E-state index in [0.717, 1.165) is 27.9 Å². The fourth-order valence-corrected chi connectivity index (χ4v) is 5.47. The molecule has 0 radical (unpaired) electrons. The molecule has 1 aliphatic rings. The molecule has 1 saturated heterocycles. The molecule has 3 aromatic carbocycles. The Hall–Kier alpha value is -4.12. The Morgan fingerprint density at radius 3 is 2.19 bits per heavy atom. The summed E-state index contributed by atoms with van der Waals surface area (Å²) in [4.78, 5) is 43.5. The van der Waals surface area contributed by atoms with Crippen LogP contribution in [0, 0.1) is 6.92 Å². The maximum absolute atomic E-state index is 12.7. The van der Waals surface area contributed by atoms with Crippen molar-refractivity contribution in [2.24, 2.45) is 4.99 Å². The van der Waals surface area contributed by atoms with Gasteiger partial charge in [-0.25, -0.2) is 4.79 Å². The second-order valence-electron chi connectivity index (χ2n) is 10.5. The summed E-state index contributed by atoms with van der Waals surface area (Å²) < 4.78 is 40.8. The van der Waals surface area contributed by atoms with Gasteiger partial charge in [0.05, 0.1) is 11.4 Å². The third-order valence-electron chi connectivity index (χ3n) is 6.68. The van der Waals surface area contributed by atoms with Crippen LogP contribution in [0.2, 0.25) is 0 Å². The van der Waals surface area contributed by atoms with Crippen molar-refractivity contribution in [2.45, 2.75) is 52.3 Å². The molecule has 0 aromatic heterocycles. The molecule has 1 N–H and O–H groups in total. The van der Waals surface area contributed by atoms with Crippen LogP contribution in [-0.4, -0.2) is 41.5 Å². The van der Waals surface area contributed by atoms with Crippen molar-refractivity contribution in [1.29, 1.82) is 0 Å². The average Bonchev–Trinajstić information content (AvgIpc) is 3.29. The second-order valence-corrected chi connectivity index (χ2v) is 11.5. The Balaban J connectivity index is 1.27. The first kappa shape index (κ1) is 31.8. The summed E-state index contributed by atoms with van der Waals surface area (Å²) in [7, 11) is 0. The summed E-state index contributed by atoms with van der Waals surface area (Å²) in [6, 6.07) is 18.1. The van der Waals surface area contributed by atoms with E-state index in [-0.39, 0.29) is 42.0 Å². The minimum atomic E-state index is -4.76. The van der Waals surface area contributed by atoms with Crippen LogP contribution in [0.3, 0.4) is 0 Å². The third kappa shape index (κ3) is 9.18. The Labute approximate surface area is 252 Å². The summed E-state index contributed by atoms with van der Waals surface area (Å²) in [5.74, 6) is -0.116. The number of hydrogen-bond donors (Lipinski definition) is 1. The number of alkyl halides is 3. The van der Waals surface area contributed by atoms with Gasteiger partial charge in [-0.1, -0.05) is 74.1 Å². The van der Waals surface area contributed by atoms with Gasteiger partial charge in [0.25, 0.3) is 0 Å². The molecule has 0 unspecified atom stereocenters. The first-order chi connectivity index (χ1) is 20.4. The lowest BCUT2D eigenvalue weighted by molar-refractivity contribution is -0.274. The van der Waals surface area contributed by atoms with Crippen LogP contribution in [0.5, 0.6) is 5.75 Å². The number of amidine groups is 1. The monoisotopic (exact) mass is 611 g/mol. The van der Waals surface area contributed by atoms with Gasteiger partial charge >= 0.3 is 12.4 Å². The number of nitrogens with zero attached hydrogens (tertiary/aromatic N) is 2. The number of hydrogen-bond acceptors (Lipinski definition) is 5. The molecular weight excluding hydrogens is 579 g/mol. The van der Waals surface area contributed by atoms with Gasteiger partial charge in [0.1, 0.15) is 11.5 Å². The highest BCUT2D eigenvalue weighted by Crippen LogP contribution is 2.34. The minimum Gasteiger partial charge on any atom is -0.406 e. The summed E-state index contributed by atoms with van der Waals surface area (Å²) in [6.07, 6.45) is -3.95. The van der Waals surface area contributed by atoms with E-state index in [9.17, 15) is 27.6 Å². The Bertz CT molecular complexity index is 1500. The zero-order valence-electron chi connectivity index (χ0n) is 24.0. The number of aryl methyl sites for hydroxylation is 1. The number of ketones is 1. The summed E-state index contributed by atoms with van der Waals surface area (Å²) >= 11 is 1.24. The lowest BCUT2D eigenvalue weighted by Gasteiger charge is -2.22. The van der Waals surface area contributed by atoms with Gasteiger partial charge in [-0.3, -0.25) is 14.5 Å². The molecule has 43 heavy (non-hydrogen) atoms. The number of carbonyl (C=O) groups excluding carboxylic acids is 3. The SMILES string of the molecule is Cc1ccc(C(C)C)c(N2C(=O)CSC2=NC(=O)NCCc2ccc(CC(=O)Cc3ccc(OC(F)(F)F)cc3)cc2)c1. The van der Waals surface area contributed by atoms with Gasteiger partial charge in [0.2, 0.25) is 5.91 Å². The first-order valence-corrected chi connectivity index (χ1v) is 14.7. The van der Waals surface area contributed by atoms with Crippen LogP contribution in [0.4, 0.5) is 23.7 Å². The number of benzene rings is 3. The van der Waals surface area contributed by atoms with Crippen molar-refractivity contribution in [3.63, 3.8) is 0 Å². The van der Waals surface area contributed by atoms with E-state index in [0.29, 0.717) is 23.7 Å². The Morgan fingerprint density at radius 1 is 0.977 bits per heavy atom. The average molecular weight is 612 g/mol. The zero-order valence-corrected chi connectivity index (χ0v) is 24.8. The second kappa shape index (κ2) is 13.9. The van der Waals surface area contributed by atoms with Crippen LogP contribution < -0.4 is 15.0 Å². The fraction of sp³-hybridized carbons (Fsp3) is 0.312. The number of aliphatic imine (C=N–C) groups is 1. The van der Waals surface area contributed by atoms with Crippen molar-refractivity contribution < 1.29 is 32.3 Å². The number of amides is 3. The number of Topliss-reactive ketones (excluding diaryl/α,β-unsaturated/α-hetero) is 1. The lowest BCUT2D eigenvalue weighted by Crippen LogP contribution is -2.32. The highest BCUT2D eigenvalue weighted by atomic mass is 32.2. The predicted molar refractivity (Wildman–Crippen MR) is 162 cm³/mol. The fourth-order valence-electron chi connectivity index (χ4n) is 4.61. The summed E-state index contributed by atoms with van der Waals surface area (Å²) in [5.41, 5.74) is 5.13. The van der Waals surface area contributed by atoms with Crippen molar-refractivity contribution in [2.75, 3.05) is 17.2 Å². The van der Waals surface area contributed by atoms with Gasteiger partial charge in [-0.15, -0.1) is 13.2 Å². The molecule has 4 rings (SSSR count). The van der Waals surface area contributed by atoms with E-state index in [1.165, 1.54) is 40.9 Å². The van der Waals surface area contributed by atoms with E-state index in [1.54, 1.807) is 0 Å². The number of nitrogens with one attached hydrogen (secondary N) is 1. The molecule has 0 bridgehead atoms. The van der Waals surface area contributed by atoms with Crippen molar-refractivity contribution in [1.82, 2.24) is 5.32 Å². The molecule has 0 spiro atoms. The lowest BCUT2D eigenvalue weighted by atomic mass is 9.99. The maximum Gasteiger partial charge on any atom is 0.573 e. The Kier molecular flexibility index (Phi) is 10.3. The normalized spacial score (nSPS) is 14.4. The van der Waals surface area contributed by atoms with Crippen LogP contribution in [0.15, 0.2) is 71.7 Å². The smallest absolute Gasteiger partial charge is 0.406 e. The zero-order chi connectivity index (χ0) is 31.1. The molecule has 11 heteroatoms. The molecule has 226 valence electrons. The molecular formula is C32H32F3N3O4S. The molecule has 1 heterocycles. The van der Waals surface area contributed by atoms with Gasteiger partial charge in [-0.05, 0) is 65.3 Å². The Morgan fingerprint density at radius 2 is 1.58 bits per heavy atom. The van der Waals surface area contributed by atoms with E-state index in [2.05, 4.69) is 28.9 Å². The van der Waals surface area contributed by atoms with Crippen LogP contribution in [-0.2, 0) is 28.9 Å². The quantitative estimate of drug-likeness (QED) is 0.274. The number of ether oxygens (including phenoxy) is 1.